The first kappa shape index (κ1) is 19.1. The van der Waals surface area contributed by atoms with Gasteiger partial charge in [0.25, 0.3) is 0 Å². The average molecular weight is 386 g/mol. The molecule has 0 spiro atoms. The average Bonchev–Trinajstić information content (AvgIpc) is 3.10. The Bertz CT molecular complexity index is 892. The molecule has 0 aliphatic heterocycles. The van der Waals surface area contributed by atoms with Gasteiger partial charge in [-0.15, -0.1) is 11.3 Å². The molecule has 0 saturated carbocycles. The van der Waals surface area contributed by atoms with Gasteiger partial charge in [-0.25, -0.2) is 4.98 Å². The van der Waals surface area contributed by atoms with E-state index in [-0.39, 0.29) is 18.6 Å². The van der Waals surface area contributed by atoms with Crippen molar-refractivity contribution in [2.24, 2.45) is 0 Å². The van der Waals surface area contributed by atoms with Crippen LogP contribution < -0.4 is 14.8 Å². The molecule has 3 aromatic rings. The van der Waals surface area contributed by atoms with Crippen molar-refractivity contribution >= 4 is 27.5 Å². The zero-order valence-electron chi connectivity index (χ0n) is 15.5. The van der Waals surface area contributed by atoms with E-state index >= 15 is 0 Å². The summed E-state index contributed by atoms with van der Waals surface area (Å²) in [6.45, 7) is 2.17. The number of nitrogens with zero attached hydrogens (tertiary/aromatic N) is 1. The topological polar surface area (TPSA) is 69.7 Å². The molecule has 1 amide bonds. The van der Waals surface area contributed by atoms with Crippen LogP contribution in [-0.2, 0) is 16.1 Å². The van der Waals surface area contributed by atoms with Crippen molar-refractivity contribution in [2.75, 3.05) is 20.8 Å². The molecule has 1 aromatic heterocycles. The molecule has 0 aliphatic carbocycles. The zero-order valence-corrected chi connectivity index (χ0v) is 16.3. The molecule has 7 heteroatoms. The number of fused-ring (bicyclic) bond motifs is 1. The number of hydrogen-bond acceptors (Lipinski definition) is 6. The number of nitrogens with one attached hydrogen (secondary N) is 1. The van der Waals surface area contributed by atoms with Crippen LogP contribution >= 0.6 is 11.3 Å². The van der Waals surface area contributed by atoms with Crippen LogP contribution in [0.5, 0.6) is 11.5 Å². The molecular formula is C20H22N2O4S. The van der Waals surface area contributed by atoms with E-state index < -0.39 is 0 Å². The lowest BCUT2D eigenvalue weighted by atomic mass is 10.1. The Hall–Kier alpha value is -2.64. The van der Waals surface area contributed by atoms with Crippen LogP contribution in [0.1, 0.15) is 23.5 Å². The Morgan fingerprint density at radius 2 is 2.00 bits per heavy atom. The van der Waals surface area contributed by atoms with Gasteiger partial charge in [-0.3, -0.25) is 4.79 Å². The van der Waals surface area contributed by atoms with Crippen molar-refractivity contribution in [3.8, 4) is 11.5 Å². The molecule has 1 heterocycles. The van der Waals surface area contributed by atoms with E-state index in [9.17, 15) is 4.79 Å². The van der Waals surface area contributed by atoms with Crippen molar-refractivity contribution in [1.82, 2.24) is 10.3 Å². The highest BCUT2D eigenvalue weighted by Crippen LogP contribution is 2.29. The Kier molecular flexibility index (Phi) is 6.26. The Balaban J connectivity index is 1.54. The van der Waals surface area contributed by atoms with Gasteiger partial charge in [-0.1, -0.05) is 12.1 Å². The van der Waals surface area contributed by atoms with E-state index in [1.807, 2.05) is 49.4 Å². The minimum Gasteiger partial charge on any atom is -0.497 e. The summed E-state index contributed by atoms with van der Waals surface area (Å²) in [7, 11) is 3.20. The fraction of sp³-hybridized carbons (Fsp3) is 0.300. The smallest absolute Gasteiger partial charge is 0.246 e. The zero-order chi connectivity index (χ0) is 19.2. The van der Waals surface area contributed by atoms with E-state index in [1.54, 1.807) is 25.6 Å². The third-order valence-corrected chi connectivity index (χ3v) is 5.09. The minimum atomic E-state index is -0.242. The maximum atomic E-state index is 12.2. The van der Waals surface area contributed by atoms with Gasteiger partial charge >= 0.3 is 0 Å². The summed E-state index contributed by atoms with van der Waals surface area (Å²) >= 11 is 1.57. The summed E-state index contributed by atoms with van der Waals surface area (Å²) in [6.07, 6.45) is 0. The van der Waals surface area contributed by atoms with Gasteiger partial charge in [0.15, 0.2) is 0 Å². The minimum absolute atomic E-state index is 0.0352. The third kappa shape index (κ3) is 4.75. The van der Waals surface area contributed by atoms with Gasteiger partial charge in [0, 0.05) is 5.56 Å². The summed E-state index contributed by atoms with van der Waals surface area (Å²) in [5, 5.41) is 3.77. The molecule has 0 bridgehead atoms. The van der Waals surface area contributed by atoms with Crippen LogP contribution in [0.3, 0.4) is 0 Å². The fourth-order valence-electron chi connectivity index (χ4n) is 2.75. The predicted molar refractivity (Wildman–Crippen MR) is 105 cm³/mol. The largest absolute Gasteiger partial charge is 0.497 e. The van der Waals surface area contributed by atoms with Gasteiger partial charge in [0.05, 0.1) is 37.1 Å². The highest BCUT2D eigenvalue weighted by molar-refractivity contribution is 7.18. The summed E-state index contributed by atoms with van der Waals surface area (Å²) in [5.41, 5.74) is 1.79. The molecule has 27 heavy (non-hydrogen) atoms. The normalized spacial score (nSPS) is 12.0. The second-order valence-electron chi connectivity index (χ2n) is 5.97. The lowest BCUT2D eigenvalue weighted by molar-refractivity contribution is -0.126. The number of carbonyl (C=O) groups excluding carboxylic acids is 1. The lowest BCUT2D eigenvalue weighted by Crippen LogP contribution is -2.30. The highest BCUT2D eigenvalue weighted by Gasteiger charge is 2.15. The number of amides is 1. The van der Waals surface area contributed by atoms with Crippen molar-refractivity contribution < 1.29 is 19.0 Å². The summed E-state index contributed by atoms with van der Waals surface area (Å²) in [6, 6.07) is 13.2. The molecule has 0 radical (unpaired) electrons. The molecule has 6 nitrogen and oxygen atoms in total. The van der Waals surface area contributed by atoms with Crippen LogP contribution in [0.4, 0.5) is 0 Å². The second-order valence-corrected chi connectivity index (χ2v) is 7.08. The first-order valence-electron chi connectivity index (χ1n) is 8.54. The van der Waals surface area contributed by atoms with E-state index in [2.05, 4.69) is 10.3 Å². The number of hydrogen-bond donors (Lipinski definition) is 1. The van der Waals surface area contributed by atoms with Crippen LogP contribution in [-0.4, -0.2) is 31.7 Å². The molecule has 0 fully saturated rings. The summed E-state index contributed by atoms with van der Waals surface area (Å²) in [4.78, 5) is 16.7. The lowest BCUT2D eigenvalue weighted by Gasteiger charge is -2.18. The Morgan fingerprint density at radius 1 is 1.19 bits per heavy atom. The first-order valence-corrected chi connectivity index (χ1v) is 9.36. The van der Waals surface area contributed by atoms with Gasteiger partial charge in [-0.05, 0) is 37.3 Å². The van der Waals surface area contributed by atoms with E-state index in [4.69, 9.17) is 14.2 Å². The molecule has 1 N–H and O–H groups in total. The third-order valence-electron chi connectivity index (χ3n) is 4.08. The van der Waals surface area contributed by atoms with Crippen molar-refractivity contribution in [3.05, 3.63) is 53.0 Å². The summed E-state index contributed by atoms with van der Waals surface area (Å²) < 4.78 is 17.3. The number of para-hydroxylation sites is 1. The van der Waals surface area contributed by atoms with Crippen LogP contribution in [0, 0.1) is 0 Å². The number of ether oxygens (including phenoxy) is 3. The number of thiazole rings is 1. The molecule has 142 valence electrons. The molecular weight excluding hydrogens is 364 g/mol. The SMILES string of the molecule is COc1ccc(OC)c([C@H](C)NC(=O)COCc2nc3ccccc3s2)c1. The summed E-state index contributed by atoms with van der Waals surface area (Å²) in [5.74, 6) is 1.20. The van der Waals surface area contributed by atoms with Crippen molar-refractivity contribution in [1.29, 1.82) is 0 Å². The van der Waals surface area contributed by atoms with Crippen LogP contribution in [0.25, 0.3) is 10.2 Å². The number of methoxy groups -OCH3 is 2. The second kappa shape index (κ2) is 8.83. The van der Waals surface area contributed by atoms with Crippen LogP contribution in [0.2, 0.25) is 0 Å². The maximum Gasteiger partial charge on any atom is 0.246 e. The number of rotatable bonds is 8. The quantitative estimate of drug-likeness (QED) is 0.639. The number of benzene rings is 2. The standard InChI is InChI=1S/C20H22N2O4S/c1-13(15-10-14(24-2)8-9-17(15)25-3)21-19(23)11-26-12-20-22-16-6-4-5-7-18(16)27-20/h4-10,13H,11-12H2,1-3H3,(H,21,23)/t13-/m0/s1. The fourth-order valence-corrected chi connectivity index (χ4v) is 3.66. The predicted octanol–water partition coefficient (Wildman–Crippen LogP) is 3.71. The molecule has 2 aromatic carbocycles. The van der Waals surface area contributed by atoms with Gasteiger partial charge in [0.1, 0.15) is 23.1 Å². The molecule has 1 atom stereocenters. The number of aromatic nitrogens is 1. The van der Waals surface area contributed by atoms with Gasteiger partial charge in [-0.2, -0.15) is 0 Å². The van der Waals surface area contributed by atoms with Gasteiger partial charge < -0.3 is 19.5 Å². The number of carbonyl (C=O) groups is 1. The highest BCUT2D eigenvalue weighted by atomic mass is 32.1. The van der Waals surface area contributed by atoms with Crippen LogP contribution in [0.15, 0.2) is 42.5 Å². The van der Waals surface area contributed by atoms with Crippen molar-refractivity contribution in [2.45, 2.75) is 19.6 Å². The van der Waals surface area contributed by atoms with Gasteiger partial charge in [0.2, 0.25) is 5.91 Å². The Morgan fingerprint density at radius 3 is 2.74 bits per heavy atom. The van der Waals surface area contributed by atoms with E-state index in [0.29, 0.717) is 18.1 Å². The molecule has 0 saturated heterocycles. The van der Waals surface area contributed by atoms with E-state index in [1.165, 1.54) is 0 Å². The first-order chi connectivity index (χ1) is 13.1. The maximum absolute atomic E-state index is 12.2. The molecule has 3 rings (SSSR count). The van der Waals surface area contributed by atoms with E-state index in [0.717, 1.165) is 20.8 Å². The monoisotopic (exact) mass is 386 g/mol. The Labute approximate surface area is 162 Å². The van der Waals surface area contributed by atoms with Crippen molar-refractivity contribution in [3.63, 3.8) is 0 Å². The molecule has 0 unspecified atom stereocenters. The molecule has 0 aliphatic rings.